The summed E-state index contributed by atoms with van der Waals surface area (Å²) >= 11 is 0. The summed E-state index contributed by atoms with van der Waals surface area (Å²) in [5.41, 5.74) is 5.72. The topological polar surface area (TPSA) is 55.6 Å². The van der Waals surface area contributed by atoms with Crippen LogP contribution < -0.4 is 10.2 Å². The third-order valence-electron chi connectivity index (χ3n) is 4.85. The highest BCUT2D eigenvalue weighted by atomic mass is 16.5. The zero-order chi connectivity index (χ0) is 20.1. The maximum atomic E-state index is 12.3. The molecule has 0 aliphatic heterocycles. The van der Waals surface area contributed by atoms with Crippen LogP contribution in [-0.4, -0.2) is 23.3 Å². The quantitative estimate of drug-likeness (QED) is 0.369. The van der Waals surface area contributed by atoms with Gasteiger partial charge in [0.2, 0.25) is 5.91 Å². The van der Waals surface area contributed by atoms with Crippen molar-refractivity contribution in [3.63, 3.8) is 0 Å². The van der Waals surface area contributed by atoms with Gasteiger partial charge in [-0.3, -0.25) is 4.79 Å². The summed E-state index contributed by atoms with van der Waals surface area (Å²) < 4.78 is 7.76. The largest absolute Gasteiger partial charge is 0.493 e. The van der Waals surface area contributed by atoms with Crippen LogP contribution in [0.2, 0.25) is 0 Å². The van der Waals surface area contributed by atoms with Crippen LogP contribution in [0.25, 0.3) is 21.8 Å². The van der Waals surface area contributed by atoms with Gasteiger partial charge in [0.15, 0.2) is 0 Å². The Balaban J connectivity index is 1.45. The van der Waals surface area contributed by atoms with Gasteiger partial charge in [0.1, 0.15) is 5.75 Å². The number of para-hydroxylation sites is 3. The smallest absolute Gasteiger partial charge is 0.241 e. The Bertz CT molecular complexity index is 1120. The van der Waals surface area contributed by atoms with E-state index in [0.29, 0.717) is 19.6 Å². The molecule has 5 heteroatoms. The lowest BCUT2D eigenvalue weighted by Crippen LogP contribution is -2.19. The number of hydrogen-bond donors (Lipinski definition) is 1. The first-order chi connectivity index (χ1) is 14.3. The fourth-order valence-electron chi connectivity index (χ4n) is 3.56. The van der Waals surface area contributed by atoms with E-state index in [-0.39, 0.29) is 5.91 Å². The summed E-state index contributed by atoms with van der Waals surface area (Å²) in [4.78, 5) is 12.3. The maximum Gasteiger partial charge on any atom is 0.241 e. The molecule has 1 heterocycles. The number of hydrazone groups is 1. The third kappa shape index (κ3) is 3.99. The van der Waals surface area contributed by atoms with Crippen molar-refractivity contribution >= 4 is 33.9 Å². The molecule has 29 heavy (non-hydrogen) atoms. The molecule has 0 fully saturated rings. The molecule has 146 valence electrons. The first-order valence-electron chi connectivity index (χ1n) is 9.77. The number of carbonyl (C=O) groups is 1. The predicted octanol–water partition coefficient (Wildman–Crippen LogP) is 4.73. The number of aromatic nitrogens is 1. The zero-order valence-electron chi connectivity index (χ0n) is 16.3. The molecule has 1 amide bonds. The lowest BCUT2D eigenvalue weighted by molar-refractivity contribution is -0.121. The zero-order valence-corrected chi connectivity index (χ0v) is 16.3. The number of benzene rings is 3. The average Bonchev–Trinajstić information content (AvgIpc) is 3.07. The van der Waals surface area contributed by atoms with Crippen LogP contribution in [0.15, 0.2) is 77.9 Å². The fraction of sp³-hybridized carbons (Fsp3) is 0.167. The Kier molecular flexibility index (Phi) is 5.56. The predicted molar refractivity (Wildman–Crippen MR) is 117 cm³/mol. The minimum atomic E-state index is -0.128. The van der Waals surface area contributed by atoms with Crippen molar-refractivity contribution in [1.82, 2.24) is 9.99 Å². The third-order valence-corrected chi connectivity index (χ3v) is 4.85. The van der Waals surface area contributed by atoms with Gasteiger partial charge in [-0.15, -0.1) is 0 Å². The molecule has 4 aromatic rings. The molecule has 0 unspecified atom stereocenters. The van der Waals surface area contributed by atoms with E-state index in [1.807, 2.05) is 55.5 Å². The number of nitrogens with zero attached hydrogens (tertiary/aromatic N) is 2. The molecule has 5 nitrogen and oxygen atoms in total. The molecule has 0 spiro atoms. The van der Waals surface area contributed by atoms with Crippen molar-refractivity contribution in [3.05, 3.63) is 78.4 Å². The van der Waals surface area contributed by atoms with Crippen molar-refractivity contribution in [2.75, 3.05) is 6.61 Å². The van der Waals surface area contributed by atoms with Gasteiger partial charge in [-0.25, -0.2) is 5.43 Å². The van der Waals surface area contributed by atoms with Crippen LogP contribution in [0.4, 0.5) is 0 Å². The minimum Gasteiger partial charge on any atom is -0.493 e. The Hall–Kier alpha value is -3.60. The van der Waals surface area contributed by atoms with Gasteiger partial charge in [-0.05, 0) is 31.2 Å². The molecule has 0 radical (unpaired) electrons. The van der Waals surface area contributed by atoms with E-state index in [0.717, 1.165) is 22.3 Å². The molecule has 4 rings (SSSR count). The van der Waals surface area contributed by atoms with Gasteiger partial charge >= 0.3 is 0 Å². The number of ether oxygens (including phenoxy) is 1. The van der Waals surface area contributed by atoms with Gasteiger partial charge in [0.05, 0.1) is 12.8 Å². The number of amides is 1. The highest BCUT2D eigenvalue weighted by Gasteiger charge is 2.10. The van der Waals surface area contributed by atoms with Gasteiger partial charge in [-0.1, -0.05) is 48.5 Å². The van der Waals surface area contributed by atoms with Crippen LogP contribution in [0, 0.1) is 0 Å². The molecule has 3 aromatic carbocycles. The van der Waals surface area contributed by atoms with Crippen LogP contribution >= 0.6 is 0 Å². The van der Waals surface area contributed by atoms with Crippen LogP contribution in [0.1, 0.15) is 18.9 Å². The van der Waals surface area contributed by atoms with E-state index in [1.165, 1.54) is 10.8 Å². The fourth-order valence-corrected chi connectivity index (χ4v) is 3.56. The molecule has 1 aromatic heterocycles. The summed E-state index contributed by atoms with van der Waals surface area (Å²) in [6, 6.07) is 24.2. The number of aryl methyl sites for hydroxylation is 1. The SMILES string of the molecule is CCOc1ccccc1C=NNC(=O)CCn1c2ccccc2c2ccccc21. The Labute approximate surface area is 169 Å². The summed E-state index contributed by atoms with van der Waals surface area (Å²) in [6.07, 6.45) is 1.95. The van der Waals surface area contributed by atoms with E-state index >= 15 is 0 Å². The molecule has 0 saturated heterocycles. The second-order valence-corrected chi connectivity index (χ2v) is 6.70. The van der Waals surface area contributed by atoms with Gasteiger partial charge in [-0.2, -0.15) is 5.10 Å². The number of carbonyl (C=O) groups excluding carboxylic acids is 1. The molecule has 0 atom stereocenters. The Morgan fingerprint density at radius 3 is 2.28 bits per heavy atom. The first kappa shape index (κ1) is 18.7. The Morgan fingerprint density at radius 1 is 0.966 bits per heavy atom. The van der Waals surface area contributed by atoms with E-state index in [4.69, 9.17) is 4.74 Å². The van der Waals surface area contributed by atoms with Crippen molar-refractivity contribution in [1.29, 1.82) is 0 Å². The van der Waals surface area contributed by atoms with Crippen molar-refractivity contribution in [2.45, 2.75) is 19.9 Å². The van der Waals surface area contributed by atoms with Crippen LogP contribution in [0.5, 0.6) is 5.75 Å². The van der Waals surface area contributed by atoms with Crippen molar-refractivity contribution < 1.29 is 9.53 Å². The summed E-state index contributed by atoms with van der Waals surface area (Å²) in [6.45, 7) is 3.10. The summed E-state index contributed by atoms with van der Waals surface area (Å²) in [5.74, 6) is 0.621. The second-order valence-electron chi connectivity index (χ2n) is 6.70. The number of fused-ring (bicyclic) bond motifs is 3. The number of nitrogens with one attached hydrogen (secondary N) is 1. The summed E-state index contributed by atoms with van der Waals surface area (Å²) in [5, 5.41) is 6.50. The lowest BCUT2D eigenvalue weighted by Gasteiger charge is -2.07. The number of rotatable bonds is 7. The first-order valence-corrected chi connectivity index (χ1v) is 9.77. The average molecular weight is 385 g/mol. The normalized spacial score (nSPS) is 11.3. The highest BCUT2D eigenvalue weighted by Crippen LogP contribution is 2.28. The van der Waals surface area contributed by atoms with Crippen LogP contribution in [-0.2, 0) is 11.3 Å². The molecule has 1 N–H and O–H groups in total. The second kappa shape index (κ2) is 8.61. The van der Waals surface area contributed by atoms with Gasteiger partial charge < -0.3 is 9.30 Å². The van der Waals surface area contributed by atoms with E-state index in [1.54, 1.807) is 6.21 Å². The van der Waals surface area contributed by atoms with Crippen LogP contribution in [0.3, 0.4) is 0 Å². The molecule has 0 saturated carbocycles. The molecule has 0 aliphatic rings. The minimum absolute atomic E-state index is 0.128. The standard InChI is InChI=1S/C24H23N3O2/c1-2-29-23-14-8-3-9-18(23)17-25-26-24(28)15-16-27-21-12-6-4-10-19(21)20-11-5-7-13-22(20)27/h3-14,17H,2,15-16H2,1H3,(H,26,28). The highest BCUT2D eigenvalue weighted by molar-refractivity contribution is 6.08. The van der Waals surface area contributed by atoms with E-state index < -0.39 is 0 Å². The van der Waals surface area contributed by atoms with Crippen molar-refractivity contribution in [2.24, 2.45) is 5.10 Å². The molecule has 0 aliphatic carbocycles. The Morgan fingerprint density at radius 2 is 1.59 bits per heavy atom. The lowest BCUT2D eigenvalue weighted by atomic mass is 10.2. The molecular formula is C24H23N3O2. The molecular weight excluding hydrogens is 362 g/mol. The summed E-state index contributed by atoms with van der Waals surface area (Å²) in [7, 11) is 0. The maximum absolute atomic E-state index is 12.3. The van der Waals surface area contributed by atoms with E-state index in [2.05, 4.69) is 39.4 Å². The van der Waals surface area contributed by atoms with Crippen molar-refractivity contribution in [3.8, 4) is 5.75 Å². The number of hydrogen-bond acceptors (Lipinski definition) is 3. The van der Waals surface area contributed by atoms with Gasteiger partial charge in [0, 0.05) is 40.3 Å². The monoisotopic (exact) mass is 385 g/mol. The molecule has 0 bridgehead atoms. The van der Waals surface area contributed by atoms with Gasteiger partial charge in [0.25, 0.3) is 0 Å². The van der Waals surface area contributed by atoms with E-state index in [9.17, 15) is 4.79 Å².